The van der Waals surface area contributed by atoms with E-state index < -0.39 is 0 Å². The van der Waals surface area contributed by atoms with Gasteiger partial charge in [0.05, 0.1) is 6.54 Å². The molecule has 25 heavy (non-hydrogen) atoms. The second kappa shape index (κ2) is 11.7. The van der Waals surface area contributed by atoms with E-state index in [0.29, 0.717) is 6.54 Å². The number of hydrogen-bond donors (Lipinski definition) is 1. The number of guanidine groups is 1. The molecular formula is C19H28IN5. The van der Waals surface area contributed by atoms with Crippen LogP contribution in [0.2, 0.25) is 0 Å². The third-order valence-electron chi connectivity index (χ3n) is 3.88. The summed E-state index contributed by atoms with van der Waals surface area (Å²) >= 11 is 0. The number of nitrogens with one attached hydrogen (secondary N) is 1. The van der Waals surface area contributed by atoms with Crippen LogP contribution < -0.4 is 5.32 Å². The summed E-state index contributed by atoms with van der Waals surface area (Å²) in [7, 11) is 3.86. The molecule has 0 aliphatic carbocycles. The van der Waals surface area contributed by atoms with Crippen molar-refractivity contribution in [3.63, 3.8) is 0 Å². The van der Waals surface area contributed by atoms with Gasteiger partial charge in [-0.2, -0.15) is 0 Å². The minimum absolute atomic E-state index is 0. The van der Waals surface area contributed by atoms with Crippen molar-refractivity contribution in [2.24, 2.45) is 4.99 Å². The van der Waals surface area contributed by atoms with Gasteiger partial charge in [0.15, 0.2) is 5.96 Å². The lowest BCUT2D eigenvalue weighted by atomic mass is 10.2. The number of halogens is 1. The van der Waals surface area contributed by atoms with Crippen molar-refractivity contribution in [2.75, 3.05) is 20.6 Å². The number of unbranched alkanes of at least 4 members (excludes halogenated alkanes) is 1. The van der Waals surface area contributed by atoms with Crippen molar-refractivity contribution in [2.45, 2.75) is 25.9 Å². The third kappa shape index (κ3) is 6.89. The SMILES string of the molecule is C=CCCCN(C)C(=NC)NCc1nccn1Cc1ccccc1.I. The lowest BCUT2D eigenvalue weighted by Gasteiger charge is -2.22. The number of hydrogen-bond acceptors (Lipinski definition) is 2. The second-order valence-corrected chi connectivity index (χ2v) is 5.71. The van der Waals surface area contributed by atoms with E-state index in [-0.39, 0.29) is 24.0 Å². The first kappa shape index (κ1) is 21.2. The molecule has 2 aromatic rings. The maximum Gasteiger partial charge on any atom is 0.193 e. The Balaban J connectivity index is 0.00000312. The van der Waals surface area contributed by atoms with E-state index in [1.807, 2.05) is 31.6 Å². The maximum atomic E-state index is 4.47. The van der Waals surface area contributed by atoms with Gasteiger partial charge in [-0.25, -0.2) is 4.98 Å². The zero-order valence-corrected chi connectivity index (χ0v) is 17.4. The van der Waals surface area contributed by atoms with E-state index in [1.165, 1.54) is 5.56 Å². The highest BCUT2D eigenvalue weighted by Crippen LogP contribution is 2.05. The van der Waals surface area contributed by atoms with E-state index in [4.69, 9.17) is 0 Å². The molecule has 0 amide bonds. The first-order valence-electron chi connectivity index (χ1n) is 8.31. The predicted octanol–water partition coefficient (Wildman–Crippen LogP) is 3.52. The van der Waals surface area contributed by atoms with Crippen LogP contribution in [0, 0.1) is 0 Å². The molecule has 0 aliphatic heterocycles. The van der Waals surface area contributed by atoms with Crippen molar-refractivity contribution in [3.8, 4) is 0 Å². The molecule has 0 bridgehead atoms. The molecule has 0 saturated heterocycles. The Morgan fingerprint density at radius 2 is 2.12 bits per heavy atom. The predicted molar refractivity (Wildman–Crippen MR) is 115 cm³/mol. The van der Waals surface area contributed by atoms with E-state index in [0.717, 1.165) is 37.7 Å². The molecule has 0 fully saturated rings. The molecule has 1 aromatic carbocycles. The van der Waals surface area contributed by atoms with Gasteiger partial charge < -0.3 is 14.8 Å². The van der Waals surface area contributed by atoms with Gasteiger partial charge in [-0.1, -0.05) is 36.4 Å². The van der Waals surface area contributed by atoms with Gasteiger partial charge in [-0.3, -0.25) is 4.99 Å². The van der Waals surface area contributed by atoms with Gasteiger partial charge in [0.1, 0.15) is 5.82 Å². The molecule has 2 rings (SSSR count). The van der Waals surface area contributed by atoms with E-state index >= 15 is 0 Å². The summed E-state index contributed by atoms with van der Waals surface area (Å²) in [4.78, 5) is 10.9. The van der Waals surface area contributed by atoms with Crippen LogP contribution in [-0.4, -0.2) is 41.1 Å². The molecule has 136 valence electrons. The van der Waals surface area contributed by atoms with Crippen molar-refractivity contribution >= 4 is 29.9 Å². The summed E-state index contributed by atoms with van der Waals surface area (Å²) in [5.41, 5.74) is 1.27. The van der Waals surface area contributed by atoms with Crippen molar-refractivity contribution < 1.29 is 0 Å². The molecule has 0 spiro atoms. The monoisotopic (exact) mass is 453 g/mol. The average molecular weight is 453 g/mol. The number of nitrogens with zero attached hydrogens (tertiary/aromatic N) is 4. The summed E-state index contributed by atoms with van der Waals surface area (Å²) in [6.07, 6.45) is 7.90. The standard InChI is InChI=1S/C19H27N5.HI/c1-4-5-9-13-23(3)19(20-2)22-15-18-21-12-14-24(18)16-17-10-7-6-8-11-17;/h4,6-8,10-12,14H,1,5,9,13,15-16H2,2-3H3,(H,20,22);1H. The molecule has 0 unspecified atom stereocenters. The van der Waals surface area contributed by atoms with Crippen molar-refractivity contribution in [3.05, 3.63) is 66.8 Å². The van der Waals surface area contributed by atoms with Gasteiger partial charge in [-0.05, 0) is 18.4 Å². The Morgan fingerprint density at radius 3 is 2.80 bits per heavy atom. The average Bonchev–Trinajstić information content (AvgIpc) is 3.04. The lowest BCUT2D eigenvalue weighted by molar-refractivity contribution is 0.467. The Labute approximate surface area is 167 Å². The second-order valence-electron chi connectivity index (χ2n) is 5.71. The first-order valence-corrected chi connectivity index (χ1v) is 8.31. The summed E-state index contributed by atoms with van der Waals surface area (Å²) in [5, 5.41) is 3.39. The minimum Gasteiger partial charge on any atom is -0.349 e. The summed E-state index contributed by atoms with van der Waals surface area (Å²) < 4.78 is 2.16. The zero-order valence-electron chi connectivity index (χ0n) is 15.1. The van der Waals surface area contributed by atoms with Crippen LogP contribution in [0.15, 0.2) is 60.4 Å². The topological polar surface area (TPSA) is 45.4 Å². The molecule has 0 radical (unpaired) electrons. The highest BCUT2D eigenvalue weighted by Gasteiger charge is 2.08. The van der Waals surface area contributed by atoms with Gasteiger partial charge in [0.25, 0.3) is 0 Å². The molecule has 0 aliphatic rings. The fourth-order valence-electron chi connectivity index (χ4n) is 2.55. The van der Waals surface area contributed by atoms with Crippen molar-refractivity contribution in [1.29, 1.82) is 0 Å². The van der Waals surface area contributed by atoms with Crippen LogP contribution >= 0.6 is 24.0 Å². The largest absolute Gasteiger partial charge is 0.349 e. The molecule has 1 N–H and O–H groups in total. The summed E-state index contributed by atoms with van der Waals surface area (Å²) in [6, 6.07) is 10.4. The van der Waals surface area contributed by atoms with Crippen LogP contribution in [0.25, 0.3) is 0 Å². The Bertz CT molecular complexity index is 651. The maximum absolute atomic E-state index is 4.47. The van der Waals surface area contributed by atoms with Gasteiger partial charge >= 0.3 is 0 Å². The fraction of sp³-hybridized carbons (Fsp3) is 0.368. The third-order valence-corrected chi connectivity index (χ3v) is 3.88. The summed E-state index contributed by atoms with van der Waals surface area (Å²) in [6.45, 7) is 6.19. The lowest BCUT2D eigenvalue weighted by Crippen LogP contribution is -2.39. The molecule has 6 heteroatoms. The number of rotatable bonds is 8. The number of aliphatic imine (C=N–C) groups is 1. The molecule has 1 aromatic heterocycles. The molecule has 0 atom stereocenters. The van der Waals surface area contributed by atoms with Crippen molar-refractivity contribution in [1.82, 2.24) is 19.8 Å². The van der Waals surface area contributed by atoms with Gasteiger partial charge in [-0.15, -0.1) is 30.6 Å². The zero-order chi connectivity index (χ0) is 17.2. The quantitative estimate of drug-likeness (QED) is 0.219. The highest BCUT2D eigenvalue weighted by atomic mass is 127. The number of aromatic nitrogens is 2. The van der Waals surface area contributed by atoms with Crippen LogP contribution in [0.3, 0.4) is 0 Å². The number of imidazole rings is 1. The van der Waals surface area contributed by atoms with Crippen LogP contribution in [0.5, 0.6) is 0 Å². The number of allylic oxidation sites excluding steroid dienone is 1. The van der Waals surface area contributed by atoms with Crippen LogP contribution in [0.4, 0.5) is 0 Å². The molecule has 5 nitrogen and oxygen atoms in total. The Hall–Kier alpha value is -1.83. The molecule has 0 saturated carbocycles. The van der Waals surface area contributed by atoms with Crippen LogP contribution in [-0.2, 0) is 13.1 Å². The minimum atomic E-state index is 0. The molecule has 1 heterocycles. The fourth-order valence-corrected chi connectivity index (χ4v) is 2.55. The van der Waals surface area contributed by atoms with Gasteiger partial charge in [0, 0.05) is 39.6 Å². The first-order chi connectivity index (χ1) is 11.7. The normalized spacial score (nSPS) is 10.9. The number of benzene rings is 1. The van der Waals surface area contributed by atoms with E-state index in [9.17, 15) is 0 Å². The Morgan fingerprint density at radius 1 is 1.36 bits per heavy atom. The molecular weight excluding hydrogens is 425 g/mol. The van der Waals surface area contributed by atoms with E-state index in [2.05, 4.69) is 62.7 Å². The van der Waals surface area contributed by atoms with E-state index in [1.54, 1.807) is 0 Å². The Kier molecular flexibility index (Phi) is 9.91. The highest BCUT2D eigenvalue weighted by molar-refractivity contribution is 14.0. The van der Waals surface area contributed by atoms with Crippen LogP contribution in [0.1, 0.15) is 24.2 Å². The smallest absolute Gasteiger partial charge is 0.193 e. The summed E-state index contributed by atoms with van der Waals surface area (Å²) in [5.74, 6) is 1.88. The van der Waals surface area contributed by atoms with Gasteiger partial charge in [0.2, 0.25) is 0 Å².